The zero-order valence-electron chi connectivity index (χ0n) is 9.15. The lowest BCUT2D eigenvalue weighted by Crippen LogP contribution is -2.22. The molecule has 0 saturated heterocycles. The van der Waals surface area contributed by atoms with E-state index in [-0.39, 0.29) is 5.56 Å². The maximum absolute atomic E-state index is 11.9. The number of halogens is 2. The fourth-order valence-corrected chi connectivity index (χ4v) is 2.23. The third-order valence-corrected chi connectivity index (χ3v) is 3.01. The number of nitrogens with zero attached hydrogens (tertiary/aromatic N) is 2. The molecule has 0 saturated carbocycles. The van der Waals surface area contributed by atoms with Gasteiger partial charge in [-0.1, -0.05) is 11.6 Å². The summed E-state index contributed by atoms with van der Waals surface area (Å²) in [6.07, 6.45) is 3.33. The molecule has 0 aromatic carbocycles. The highest BCUT2D eigenvalue weighted by atomic mass is 79.9. The van der Waals surface area contributed by atoms with Gasteiger partial charge in [0.15, 0.2) is 0 Å². The van der Waals surface area contributed by atoms with Gasteiger partial charge in [-0.25, -0.2) is 0 Å². The Morgan fingerprint density at radius 1 is 1.47 bits per heavy atom. The Hall–Kier alpha value is -1.13. The maximum atomic E-state index is 11.9. The Kier molecular flexibility index (Phi) is 3.64. The fourth-order valence-electron chi connectivity index (χ4n) is 1.53. The van der Waals surface area contributed by atoms with Crippen molar-refractivity contribution in [2.45, 2.75) is 13.5 Å². The lowest BCUT2D eigenvalue weighted by Gasteiger charge is -2.07. The summed E-state index contributed by atoms with van der Waals surface area (Å²) in [4.78, 5) is 16.0. The average Bonchev–Trinajstić information content (AvgIpc) is 2.28. The lowest BCUT2D eigenvalue weighted by atomic mass is 10.3. The number of aryl methyl sites for hydroxylation is 1. The van der Waals surface area contributed by atoms with Gasteiger partial charge in [0.1, 0.15) is 0 Å². The number of hydrogen-bond acceptors (Lipinski definition) is 2. The summed E-state index contributed by atoms with van der Waals surface area (Å²) in [6, 6.07) is 5.37. The Morgan fingerprint density at radius 2 is 2.24 bits per heavy atom. The van der Waals surface area contributed by atoms with Gasteiger partial charge in [0.25, 0.3) is 5.56 Å². The summed E-state index contributed by atoms with van der Waals surface area (Å²) in [5.74, 6) is 0. The van der Waals surface area contributed by atoms with Crippen molar-refractivity contribution in [3.8, 4) is 0 Å². The molecule has 2 aromatic heterocycles. The number of hydrogen-bond donors (Lipinski definition) is 0. The topological polar surface area (TPSA) is 34.9 Å². The Balaban J connectivity index is 2.36. The van der Waals surface area contributed by atoms with Gasteiger partial charge in [0, 0.05) is 22.4 Å². The van der Waals surface area contributed by atoms with E-state index in [2.05, 4.69) is 20.9 Å². The van der Waals surface area contributed by atoms with Crippen LogP contribution in [0.2, 0.25) is 5.02 Å². The molecule has 0 N–H and O–H groups in total. The Morgan fingerprint density at radius 3 is 2.88 bits per heavy atom. The summed E-state index contributed by atoms with van der Waals surface area (Å²) >= 11 is 9.13. The van der Waals surface area contributed by atoms with E-state index in [1.807, 2.05) is 6.07 Å². The maximum Gasteiger partial charge on any atom is 0.253 e. The van der Waals surface area contributed by atoms with Gasteiger partial charge >= 0.3 is 0 Å². The first-order valence-corrected chi connectivity index (χ1v) is 6.20. The SMILES string of the molecule is Cc1cc(Br)cn(Cc2ccc(Cl)cn2)c1=O. The summed E-state index contributed by atoms with van der Waals surface area (Å²) < 4.78 is 2.50. The highest BCUT2D eigenvalue weighted by Crippen LogP contribution is 2.10. The highest BCUT2D eigenvalue weighted by molar-refractivity contribution is 9.10. The first kappa shape index (κ1) is 12.3. The van der Waals surface area contributed by atoms with Crippen molar-refractivity contribution in [1.82, 2.24) is 9.55 Å². The van der Waals surface area contributed by atoms with Crippen LogP contribution in [-0.4, -0.2) is 9.55 Å². The van der Waals surface area contributed by atoms with Gasteiger partial charge < -0.3 is 4.57 Å². The summed E-state index contributed by atoms with van der Waals surface area (Å²) in [5, 5.41) is 0.589. The molecule has 3 nitrogen and oxygen atoms in total. The second-order valence-corrected chi connectivity index (χ2v) is 5.09. The summed E-state index contributed by atoms with van der Waals surface area (Å²) in [6.45, 7) is 2.23. The van der Waals surface area contributed by atoms with Crippen LogP contribution in [0.4, 0.5) is 0 Å². The first-order valence-electron chi connectivity index (χ1n) is 5.03. The van der Waals surface area contributed by atoms with E-state index in [4.69, 9.17) is 11.6 Å². The molecule has 0 bridgehead atoms. The zero-order valence-corrected chi connectivity index (χ0v) is 11.5. The molecule has 0 radical (unpaired) electrons. The van der Waals surface area contributed by atoms with Crippen LogP contribution in [0.25, 0.3) is 0 Å². The molecule has 0 atom stereocenters. The monoisotopic (exact) mass is 312 g/mol. The minimum absolute atomic E-state index is 0.00931. The standard InChI is InChI=1S/C12H10BrClN2O/c1-8-4-9(13)6-16(12(8)17)7-11-3-2-10(14)5-15-11/h2-6H,7H2,1H3. The molecule has 2 rings (SSSR count). The van der Waals surface area contributed by atoms with E-state index in [1.165, 1.54) is 0 Å². The van der Waals surface area contributed by atoms with Crippen molar-refractivity contribution in [2.24, 2.45) is 0 Å². The van der Waals surface area contributed by atoms with Crippen LogP contribution in [-0.2, 0) is 6.54 Å². The third-order valence-electron chi connectivity index (χ3n) is 2.35. The van der Waals surface area contributed by atoms with Crippen molar-refractivity contribution < 1.29 is 0 Å². The molecule has 17 heavy (non-hydrogen) atoms. The molecule has 0 spiro atoms. The largest absolute Gasteiger partial charge is 0.308 e. The Bertz CT molecular complexity index is 592. The molecule has 0 aliphatic carbocycles. The fraction of sp³-hybridized carbons (Fsp3) is 0.167. The van der Waals surface area contributed by atoms with Crippen molar-refractivity contribution in [2.75, 3.05) is 0 Å². The second-order valence-electron chi connectivity index (χ2n) is 3.74. The molecule has 0 unspecified atom stereocenters. The van der Waals surface area contributed by atoms with Crippen molar-refractivity contribution in [3.05, 3.63) is 61.7 Å². The first-order chi connectivity index (χ1) is 8.06. The molecular formula is C12H10BrClN2O. The van der Waals surface area contributed by atoms with Gasteiger partial charge in [-0.2, -0.15) is 0 Å². The van der Waals surface area contributed by atoms with E-state index in [9.17, 15) is 4.79 Å². The van der Waals surface area contributed by atoms with Crippen molar-refractivity contribution >= 4 is 27.5 Å². The van der Waals surface area contributed by atoms with Crippen molar-refractivity contribution in [1.29, 1.82) is 0 Å². The van der Waals surface area contributed by atoms with Gasteiger partial charge in [0.2, 0.25) is 0 Å². The van der Waals surface area contributed by atoms with E-state index in [0.717, 1.165) is 10.2 Å². The average molecular weight is 314 g/mol. The lowest BCUT2D eigenvalue weighted by molar-refractivity contribution is 0.730. The molecule has 0 aliphatic rings. The van der Waals surface area contributed by atoms with E-state index in [1.54, 1.807) is 36.0 Å². The predicted molar refractivity (Wildman–Crippen MR) is 71.5 cm³/mol. The third kappa shape index (κ3) is 2.96. The van der Waals surface area contributed by atoms with Crippen LogP contribution in [0.3, 0.4) is 0 Å². The van der Waals surface area contributed by atoms with E-state index in [0.29, 0.717) is 17.1 Å². The quantitative estimate of drug-likeness (QED) is 0.854. The minimum Gasteiger partial charge on any atom is -0.308 e. The number of pyridine rings is 2. The highest BCUT2D eigenvalue weighted by Gasteiger charge is 2.03. The van der Waals surface area contributed by atoms with Crippen LogP contribution in [0.15, 0.2) is 39.9 Å². The normalized spacial score (nSPS) is 10.5. The minimum atomic E-state index is -0.00931. The molecule has 0 fully saturated rings. The molecule has 5 heteroatoms. The molecular weight excluding hydrogens is 304 g/mol. The summed E-state index contributed by atoms with van der Waals surface area (Å²) in [5.41, 5.74) is 1.49. The molecule has 0 aliphatic heterocycles. The van der Waals surface area contributed by atoms with E-state index < -0.39 is 0 Å². The van der Waals surface area contributed by atoms with Gasteiger partial charge in [-0.05, 0) is 41.1 Å². The van der Waals surface area contributed by atoms with Crippen molar-refractivity contribution in [3.63, 3.8) is 0 Å². The molecule has 2 heterocycles. The summed E-state index contributed by atoms with van der Waals surface area (Å²) in [7, 11) is 0. The van der Waals surface area contributed by atoms with Crippen LogP contribution >= 0.6 is 27.5 Å². The molecule has 0 amide bonds. The smallest absolute Gasteiger partial charge is 0.253 e. The van der Waals surface area contributed by atoms with Gasteiger partial charge in [-0.3, -0.25) is 9.78 Å². The zero-order chi connectivity index (χ0) is 12.4. The van der Waals surface area contributed by atoms with Crippen LogP contribution in [0, 0.1) is 6.92 Å². The Labute approximate surface area is 112 Å². The molecule has 88 valence electrons. The van der Waals surface area contributed by atoms with Crippen LogP contribution in [0.1, 0.15) is 11.3 Å². The number of aromatic nitrogens is 2. The predicted octanol–water partition coefficient (Wildman–Crippen LogP) is 3.02. The van der Waals surface area contributed by atoms with Gasteiger partial charge in [-0.15, -0.1) is 0 Å². The van der Waals surface area contributed by atoms with E-state index >= 15 is 0 Å². The second kappa shape index (κ2) is 5.02. The number of rotatable bonds is 2. The van der Waals surface area contributed by atoms with Crippen LogP contribution in [0.5, 0.6) is 0 Å². The van der Waals surface area contributed by atoms with Gasteiger partial charge in [0.05, 0.1) is 17.3 Å². The molecule has 2 aromatic rings. The van der Waals surface area contributed by atoms with Crippen LogP contribution < -0.4 is 5.56 Å².